The first-order chi connectivity index (χ1) is 10.0. The van der Waals surface area contributed by atoms with Crippen molar-refractivity contribution in [2.75, 3.05) is 13.2 Å². The zero-order valence-corrected chi connectivity index (χ0v) is 12.5. The number of carbonyl (C=O) groups excluding carboxylic acids is 1. The molecular weight excluding hydrogens is 292 g/mol. The van der Waals surface area contributed by atoms with Crippen molar-refractivity contribution in [1.29, 1.82) is 5.26 Å². The van der Waals surface area contributed by atoms with Gasteiger partial charge >= 0.3 is 5.97 Å². The maximum absolute atomic E-state index is 12.6. The monoisotopic (exact) mass is 308 g/mol. The Bertz CT molecular complexity index is 661. The third kappa shape index (κ3) is 3.06. The van der Waals surface area contributed by atoms with E-state index in [9.17, 15) is 13.2 Å². The molecule has 7 heteroatoms. The van der Waals surface area contributed by atoms with Crippen LogP contribution in [0.1, 0.15) is 25.3 Å². The molecule has 1 aromatic rings. The maximum Gasteiger partial charge on any atom is 0.324 e. The molecule has 1 heterocycles. The zero-order valence-electron chi connectivity index (χ0n) is 11.7. The van der Waals surface area contributed by atoms with Crippen molar-refractivity contribution in [1.82, 2.24) is 4.31 Å². The molecule has 0 aliphatic carbocycles. The first-order valence-electron chi connectivity index (χ1n) is 6.69. The number of sulfonamides is 1. The third-order valence-corrected chi connectivity index (χ3v) is 5.27. The van der Waals surface area contributed by atoms with Crippen LogP contribution in [0.15, 0.2) is 29.2 Å². The fourth-order valence-corrected chi connectivity index (χ4v) is 3.99. The molecule has 0 aromatic heterocycles. The number of nitrogens with zero attached hydrogens (tertiary/aromatic N) is 2. The summed E-state index contributed by atoms with van der Waals surface area (Å²) in [6.45, 7) is 2.21. The summed E-state index contributed by atoms with van der Waals surface area (Å²) < 4.78 is 31.3. The second-order valence-corrected chi connectivity index (χ2v) is 6.55. The molecule has 1 fully saturated rings. The van der Waals surface area contributed by atoms with E-state index in [4.69, 9.17) is 10.00 Å². The van der Waals surface area contributed by atoms with Crippen LogP contribution in [0, 0.1) is 11.3 Å². The van der Waals surface area contributed by atoms with Crippen LogP contribution in [0.25, 0.3) is 0 Å². The topological polar surface area (TPSA) is 87.5 Å². The van der Waals surface area contributed by atoms with Gasteiger partial charge in [0.25, 0.3) is 0 Å². The summed E-state index contributed by atoms with van der Waals surface area (Å²) >= 11 is 0. The van der Waals surface area contributed by atoms with Gasteiger partial charge < -0.3 is 4.74 Å². The second kappa shape index (κ2) is 6.24. The SMILES string of the molecule is CCOC(=O)C1CCCN1S(=O)(=O)c1ccc(C#N)cc1. The first kappa shape index (κ1) is 15.5. The molecule has 1 aromatic carbocycles. The Hall–Kier alpha value is -1.91. The van der Waals surface area contributed by atoms with E-state index in [1.165, 1.54) is 28.6 Å². The van der Waals surface area contributed by atoms with Crippen LogP contribution in [-0.2, 0) is 19.6 Å². The quantitative estimate of drug-likeness (QED) is 0.782. The van der Waals surface area contributed by atoms with Gasteiger partial charge in [0, 0.05) is 6.54 Å². The molecule has 1 unspecified atom stereocenters. The highest BCUT2D eigenvalue weighted by Crippen LogP contribution is 2.27. The highest BCUT2D eigenvalue weighted by Gasteiger charge is 2.40. The average Bonchev–Trinajstić information content (AvgIpc) is 2.98. The predicted octanol–water partition coefficient (Wildman–Crippen LogP) is 1.27. The molecular formula is C14H16N2O4S. The lowest BCUT2D eigenvalue weighted by Gasteiger charge is -2.22. The lowest BCUT2D eigenvalue weighted by Crippen LogP contribution is -2.41. The van der Waals surface area contributed by atoms with Gasteiger partial charge in [-0.05, 0) is 44.0 Å². The van der Waals surface area contributed by atoms with Gasteiger partial charge in [-0.1, -0.05) is 0 Å². The Labute approximate surface area is 124 Å². The summed E-state index contributed by atoms with van der Waals surface area (Å²) in [5, 5.41) is 8.75. The Balaban J connectivity index is 2.29. The lowest BCUT2D eigenvalue weighted by molar-refractivity contribution is -0.146. The van der Waals surface area contributed by atoms with Gasteiger partial charge in [-0.2, -0.15) is 9.57 Å². The van der Waals surface area contributed by atoms with E-state index in [0.29, 0.717) is 24.9 Å². The van der Waals surface area contributed by atoms with Gasteiger partial charge in [0.2, 0.25) is 10.0 Å². The van der Waals surface area contributed by atoms with E-state index in [-0.39, 0.29) is 11.5 Å². The summed E-state index contributed by atoms with van der Waals surface area (Å²) in [6.07, 6.45) is 1.09. The van der Waals surface area contributed by atoms with E-state index in [1.54, 1.807) is 6.92 Å². The van der Waals surface area contributed by atoms with Crippen molar-refractivity contribution < 1.29 is 17.9 Å². The molecule has 0 radical (unpaired) electrons. The maximum atomic E-state index is 12.6. The van der Waals surface area contributed by atoms with Crippen molar-refractivity contribution in [2.45, 2.75) is 30.7 Å². The van der Waals surface area contributed by atoms with Gasteiger partial charge in [-0.15, -0.1) is 0 Å². The van der Waals surface area contributed by atoms with Crippen LogP contribution >= 0.6 is 0 Å². The minimum absolute atomic E-state index is 0.0812. The molecule has 2 rings (SSSR count). The normalized spacial score (nSPS) is 19.1. The van der Waals surface area contributed by atoms with Crippen LogP contribution in [-0.4, -0.2) is 37.9 Å². The highest BCUT2D eigenvalue weighted by atomic mass is 32.2. The number of hydrogen-bond acceptors (Lipinski definition) is 5. The van der Waals surface area contributed by atoms with E-state index in [2.05, 4.69) is 0 Å². The van der Waals surface area contributed by atoms with Crippen LogP contribution < -0.4 is 0 Å². The number of ether oxygens (including phenoxy) is 1. The Kier molecular flexibility index (Phi) is 4.60. The average molecular weight is 308 g/mol. The molecule has 0 saturated carbocycles. The number of nitriles is 1. The zero-order chi connectivity index (χ0) is 15.5. The number of rotatable bonds is 4. The van der Waals surface area contributed by atoms with Crippen LogP contribution in [0.3, 0.4) is 0 Å². The number of carbonyl (C=O) groups is 1. The predicted molar refractivity (Wildman–Crippen MR) is 74.7 cm³/mol. The fraction of sp³-hybridized carbons (Fsp3) is 0.429. The second-order valence-electron chi connectivity index (χ2n) is 4.66. The molecule has 1 saturated heterocycles. The molecule has 0 amide bonds. The van der Waals surface area contributed by atoms with Gasteiger partial charge in [0.15, 0.2) is 0 Å². The first-order valence-corrected chi connectivity index (χ1v) is 8.13. The van der Waals surface area contributed by atoms with Gasteiger partial charge in [-0.3, -0.25) is 4.79 Å². The Morgan fingerprint density at radius 2 is 2.10 bits per heavy atom. The van der Waals surface area contributed by atoms with Gasteiger partial charge in [0.1, 0.15) is 6.04 Å². The number of benzene rings is 1. The molecule has 1 aliphatic heterocycles. The van der Waals surface area contributed by atoms with E-state index in [1.807, 2.05) is 6.07 Å². The molecule has 0 bridgehead atoms. The highest BCUT2D eigenvalue weighted by molar-refractivity contribution is 7.89. The van der Waals surface area contributed by atoms with Crippen LogP contribution in [0.5, 0.6) is 0 Å². The molecule has 6 nitrogen and oxygen atoms in total. The van der Waals surface area contributed by atoms with Crippen molar-refractivity contribution >= 4 is 16.0 Å². The summed E-state index contributed by atoms with van der Waals surface area (Å²) in [5.41, 5.74) is 0.386. The Morgan fingerprint density at radius 1 is 1.43 bits per heavy atom. The minimum atomic E-state index is -3.75. The standard InChI is InChI=1S/C14H16N2O4S/c1-2-20-14(17)13-4-3-9-16(13)21(18,19)12-7-5-11(10-15)6-8-12/h5-8,13H,2-4,9H2,1H3. The molecule has 21 heavy (non-hydrogen) atoms. The summed E-state index contributed by atoms with van der Waals surface area (Å²) in [5.74, 6) is -0.507. The molecule has 112 valence electrons. The van der Waals surface area contributed by atoms with Gasteiger partial charge in [-0.25, -0.2) is 8.42 Å². The van der Waals surface area contributed by atoms with Crippen LogP contribution in [0.2, 0.25) is 0 Å². The summed E-state index contributed by atoms with van der Waals surface area (Å²) in [6, 6.07) is 6.84. The molecule has 0 spiro atoms. The van der Waals surface area contributed by atoms with E-state index < -0.39 is 22.0 Å². The molecule has 0 N–H and O–H groups in total. The molecule has 1 atom stereocenters. The minimum Gasteiger partial charge on any atom is -0.465 e. The van der Waals surface area contributed by atoms with Crippen molar-refractivity contribution in [3.63, 3.8) is 0 Å². The summed E-state index contributed by atoms with van der Waals surface area (Å²) in [7, 11) is -3.75. The summed E-state index contributed by atoms with van der Waals surface area (Å²) in [4.78, 5) is 11.9. The largest absolute Gasteiger partial charge is 0.465 e. The van der Waals surface area contributed by atoms with Crippen molar-refractivity contribution in [3.8, 4) is 6.07 Å². The van der Waals surface area contributed by atoms with Crippen LogP contribution in [0.4, 0.5) is 0 Å². The number of hydrogen-bond donors (Lipinski definition) is 0. The van der Waals surface area contributed by atoms with Crippen molar-refractivity contribution in [2.24, 2.45) is 0 Å². The molecule has 1 aliphatic rings. The van der Waals surface area contributed by atoms with Gasteiger partial charge in [0.05, 0.1) is 23.1 Å². The lowest BCUT2D eigenvalue weighted by atomic mass is 10.2. The third-order valence-electron chi connectivity index (χ3n) is 3.35. The van der Waals surface area contributed by atoms with E-state index in [0.717, 1.165) is 0 Å². The number of esters is 1. The van der Waals surface area contributed by atoms with Crippen molar-refractivity contribution in [3.05, 3.63) is 29.8 Å². The fourth-order valence-electron chi connectivity index (χ4n) is 2.34. The smallest absolute Gasteiger partial charge is 0.324 e. The Morgan fingerprint density at radius 3 is 2.67 bits per heavy atom. The van der Waals surface area contributed by atoms with E-state index >= 15 is 0 Å².